The summed E-state index contributed by atoms with van der Waals surface area (Å²) in [6.45, 7) is 3.44. The molecule has 0 heterocycles. The van der Waals surface area contributed by atoms with Crippen LogP contribution in [0.25, 0.3) is 0 Å². The third kappa shape index (κ3) is 3.24. The SMILES string of the molecule is CSc1ccccc1OCC(C)CN. The smallest absolute Gasteiger partial charge is 0.132 e. The van der Waals surface area contributed by atoms with Crippen molar-refractivity contribution in [2.45, 2.75) is 11.8 Å². The highest BCUT2D eigenvalue weighted by atomic mass is 32.2. The fourth-order valence-electron chi connectivity index (χ4n) is 1.04. The molecule has 0 aliphatic rings. The Morgan fingerprint density at radius 3 is 2.79 bits per heavy atom. The van der Waals surface area contributed by atoms with Gasteiger partial charge in [-0.2, -0.15) is 0 Å². The predicted octanol–water partition coefficient (Wildman–Crippen LogP) is 2.38. The zero-order chi connectivity index (χ0) is 10.4. The summed E-state index contributed by atoms with van der Waals surface area (Å²) in [5.41, 5.74) is 5.52. The maximum absolute atomic E-state index is 5.68. The summed E-state index contributed by atoms with van der Waals surface area (Å²) in [6, 6.07) is 8.06. The van der Waals surface area contributed by atoms with E-state index in [9.17, 15) is 0 Å². The van der Waals surface area contributed by atoms with Gasteiger partial charge < -0.3 is 10.5 Å². The van der Waals surface area contributed by atoms with E-state index >= 15 is 0 Å². The van der Waals surface area contributed by atoms with Crippen molar-refractivity contribution in [1.82, 2.24) is 0 Å². The monoisotopic (exact) mass is 211 g/mol. The van der Waals surface area contributed by atoms with Crippen LogP contribution in [0.5, 0.6) is 5.75 Å². The fraction of sp³-hybridized carbons (Fsp3) is 0.455. The summed E-state index contributed by atoms with van der Waals surface area (Å²) in [6.07, 6.45) is 2.05. The van der Waals surface area contributed by atoms with Crippen molar-refractivity contribution >= 4 is 11.8 Å². The van der Waals surface area contributed by atoms with Crippen molar-refractivity contribution in [3.63, 3.8) is 0 Å². The Hall–Kier alpha value is -0.670. The van der Waals surface area contributed by atoms with E-state index in [4.69, 9.17) is 10.5 Å². The number of hydrogen-bond donors (Lipinski definition) is 1. The second-order valence-electron chi connectivity index (χ2n) is 3.30. The highest BCUT2D eigenvalue weighted by molar-refractivity contribution is 7.98. The molecule has 1 aromatic rings. The Labute approximate surface area is 89.8 Å². The van der Waals surface area contributed by atoms with Gasteiger partial charge >= 0.3 is 0 Å². The van der Waals surface area contributed by atoms with Crippen LogP contribution in [0.2, 0.25) is 0 Å². The van der Waals surface area contributed by atoms with E-state index < -0.39 is 0 Å². The maximum Gasteiger partial charge on any atom is 0.132 e. The molecular weight excluding hydrogens is 194 g/mol. The van der Waals surface area contributed by atoms with E-state index in [-0.39, 0.29) is 0 Å². The molecule has 2 nitrogen and oxygen atoms in total. The molecule has 0 radical (unpaired) electrons. The van der Waals surface area contributed by atoms with Crippen LogP contribution in [0.15, 0.2) is 29.2 Å². The first-order valence-corrected chi connectivity index (χ1v) is 5.96. The second kappa shape index (κ2) is 5.94. The van der Waals surface area contributed by atoms with Gasteiger partial charge in [0.15, 0.2) is 0 Å². The van der Waals surface area contributed by atoms with Crippen molar-refractivity contribution in [2.75, 3.05) is 19.4 Å². The van der Waals surface area contributed by atoms with Crippen LogP contribution in [-0.2, 0) is 0 Å². The Bertz CT molecular complexity index is 278. The molecule has 0 fully saturated rings. The summed E-state index contributed by atoms with van der Waals surface area (Å²) < 4.78 is 5.68. The van der Waals surface area contributed by atoms with Gasteiger partial charge in [0.05, 0.1) is 6.61 Å². The summed E-state index contributed by atoms with van der Waals surface area (Å²) in [5.74, 6) is 1.37. The second-order valence-corrected chi connectivity index (χ2v) is 4.15. The first-order chi connectivity index (χ1) is 6.77. The Kier molecular flexibility index (Phi) is 4.84. The van der Waals surface area contributed by atoms with Crippen molar-refractivity contribution in [1.29, 1.82) is 0 Å². The zero-order valence-corrected chi connectivity index (χ0v) is 9.51. The molecule has 0 saturated carbocycles. The Morgan fingerprint density at radius 2 is 2.14 bits per heavy atom. The van der Waals surface area contributed by atoms with E-state index in [0.29, 0.717) is 19.1 Å². The van der Waals surface area contributed by atoms with E-state index in [2.05, 4.69) is 19.2 Å². The summed E-state index contributed by atoms with van der Waals surface area (Å²) in [4.78, 5) is 1.18. The number of thioether (sulfide) groups is 1. The van der Waals surface area contributed by atoms with Crippen molar-refractivity contribution in [3.8, 4) is 5.75 Å². The van der Waals surface area contributed by atoms with Gasteiger partial charge in [-0.1, -0.05) is 19.1 Å². The van der Waals surface area contributed by atoms with Gasteiger partial charge in [-0.3, -0.25) is 0 Å². The molecule has 78 valence electrons. The van der Waals surface area contributed by atoms with Crippen molar-refractivity contribution < 1.29 is 4.74 Å². The summed E-state index contributed by atoms with van der Waals surface area (Å²) >= 11 is 1.70. The first-order valence-electron chi connectivity index (χ1n) is 4.73. The Morgan fingerprint density at radius 1 is 1.43 bits per heavy atom. The van der Waals surface area contributed by atoms with Gasteiger partial charge in [-0.15, -0.1) is 11.8 Å². The quantitative estimate of drug-likeness (QED) is 0.759. The van der Waals surface area contributed by atoms with Crippen molar-refractivity contribution in [2.24, 2.45) is 11.7 Å². The average Bonchev–Trinajstić information content (AvgIpc) is 2.26. The summed E-state index contributed by atoms with van der Waals surface area (Å²) in [7, 11) is 0. The number of hydrogen-bond acceptors (Lipinski definition) is 3. The van der Waals surface area contributed by atoms with Gasteiger partial charge in [0.2, 0.25) is 0 Å². The lowest BCUT2D eigenvalue weighted by Crippen LogP contribution is -2.18. The van der Waals surface area contributed by atoms with Gasteiger partial charge in [0, 0.05) is 10.8 Å². The third-order valence-corrected chi connectivity index (χ3v) is 2.77. The molecule has 0 aliphatic carbocycles. The van der Waals surface area contributed by atoms with Crippen LogP contribution in [0, 0.1) is 5.92 Å². The highest BCUT2D eigenvalue weighted by Crippen LogP contribution is 2.26. The van der Waals surface area contributed by atoms with E-state index in [0.717, 1.165) is 5.75 Å². The molecule has 3 heteroatoms. The molecule has 1 aromatic carbocycles. The van der Waals surface area contributed by atoms with E-state index in [1.165, 1.54) is 4.90 Å². The lowest BCUT2D eigenvalue weighted by atomic mass is 10.2. The molecule has 14 heavy (non-hydrogen) atoms. The molecular formula is C11H17NOS. The lowest BCUT2D eigenvalue weighted by molar-refractivity contribution is 0.258. The van der Waals surface area contributed by atoms with Crippen LogP contribution in [0.1, 0.15) is 6.92 Å². The minimum absolute atomic E-state index is 0.407. The first kappa shape index (κ1) is 11.4. The number of para-hydroxylation sites is 1. The maximum atomic E-state index is 5.68. The largest absolute Gasteiger partial charge is 0.492 e. The number of nitrogens with two attached hydrogens (primary N) is 1. The minimum atomic E-state index is 0.407. The topological polar surface area (TPSA) is 35.2 Å². The minimum Gasteiger partial charge on any atom is -0.492 e. The molecule has 2 N–H and O–H groups in total. The van der Waals surface area contributed by atoms with Crippen LogP contribution in [0.3, 0.4) is 0 Å². The van der Waals surface area contributed by atoms with Crippen LogP contribution >= 0.6 is 11.8 Å². The van der Waals surface area contributed by atoms with E-state index in [1.807, 2.05) is 18.2 Å². The van der Waals surface area contributed by atoms with Gasteiger partial charge in [-0.05, 0) is 24.9 Å². The van der Waals surface area contributed by atoms with E-state index in [1.54, 1.807) is 11.8 Å². The summed E-state index contributed by atoms with van der Waals surface area (Å²) in [5, 5.41) is 0. The highest BCUT2D eigenvalue weighted by Gasteiger charge is 2.03. The normalized spacial score (nSPS) is 12.5. The molecule has 1 unspecified atom stereocenters. The molecule has 1 rings (SSSR count). The van der Waals surface area contributed by atoms with Gasteiger partial charge in [-0.25, -0.2) is 0 Å². The van der Waals surface area contributed by atoms with Crippen molar-refractivity contribution in [3.05, 3.63) is 24.3 Å². The molecule has 0 bridgehead atoms. The number of ether oxygens (including phenoxy) is 1. The van der Waals surface area contributed by atoms with Gasteiger partial charge in [0.25, 0.3) is 0 Å². The molecule has 1 atom stereocenters. The van der Waals surface area contributed by atoms with Crippen LogP contribution in [-0.4, -0.2) is 19.4 Å². The molecule has 0 spiro atoms. The predicted molar refractivity (Wildman–Crippen MR) is 61.9 cm³/mol. The number of benzene rings is 1. The molecule has 0 aliphatic heterocycles. The lowest BCUT2D eigenvalue weighted by Gasteiger charge is -2.12. The fourth-order valence-corrected chi connectivity index (χ4v) is 1.58. The van der Waals surface area contributed by atoms with Crippen LogP contribution < -0.4 is 10.5 Å². The molecule has 0 amide bonds. The molecule has 0 saturated heterocycles. The average molecular weight is 211 g/mol. The van der Waals surface area contributed by atoms with Crippen LogP contribution in [0.4, 0.5) is 0 Å². The van der Waals surface area contributed by atoms with Gasteiger partial charge in [0.1, 0.15) is 5.75 Å². The number of rotatable bonds is 5. The Balaban J connectivity index is 2.57. The zero-order valence-electron chi connectivity index (χ0n) is 8.69. The molecule has 0 aromatic heterocycles. The standard InChI is InChI=1S/C11H17NOS/c1-9(7-12)8-13-10-5-3-4-6-11(10)14-2/h3-6,9H,7-8,12H2,1-2H3. The third-order valence-electron chi connectivity index (χ3n) is 1.99.